The number of hydrogen-bond donors (Lipinski definition) is 1. The predicted octanol–water partition coefficient (Wildman–Crippen LogP) is 3.99. The number of halogens is 1. The topological polar surface area (TPSA) is 12.0 Å². The van der Waals surface area contributed by atoms with E-state index in [1.54, 1.807) is 0 Å². The van der Waals surface area contributed by atoms with Gasteiger partial charge in [-0.2, -0.15) is 0 Å². The minimum atomic E-state index is 0.486. The van der Waals surface area contributed by atoms with Gasteiger partial charge in [-0.25, -0.2) is 0 Å². The van der Waals surface area contributed by atoms with Gasteiger partial charge in [0, 0.05) is 9.61 Å². The van der Waals surface area contributed by atoms with Crippen molar-refractivity contribution in [3.8, 4) is 0 Å². The average Bonchev–Trinajstić information content (AvgIpc) is 2.19. The molecule has 0 radical (unpaired) electrons. The lowest BCUT2D eigenvalue weighted by Gasteiger charge is -2.23. The molecule has 0 amide bonds. The summed E-state index contributed by atoms with van der Waals surface area (Å²) in [5.41, 5.74) is 1.41. The second kappa shape index (κ2) is 6.48. The molecule has 0 bridgehead atoms. The second-order valence-corrected chi connectivity index (χ2v) is 5.33. The Morgan fingerprint density at radius 1 is 1.40 bits per heavy atom. The van der Waals surface area contributed by atoms with Crippen LogP contribution >= 0.6 is 22.6 Å². The molecule has 2 unspecified atom stereocenters. The van der Waals surface area contributed by atoms with Crippen molar-refractivity contribution in [1.29, 1.82) is 0 Å². The quantitative estimate of drug-likeness (QED) is 0.810. The molecule has 0 aromatic heterocycles. The summed E-state index contributed by atoms with van der Waals surface area (Å²) < 4.78 is 1.31. The first-order valence-corrected chi connectivity index (χ1v) is 6.69. The van der Waals surface area contributed by atoms with Gasteiger partial charge < -0.3 is 5.32 Å². The van der Waals surface area contributed by atoms with Gasteiger partial charge in [-0.3, -0.25) is 0 Å². The van der Waals surface area contributed by atoms with Crippen LogP contribution in [-0.2, 0) is 0 Å². The van der Waals surface area contributed by atoms with Gasteiger partial charge >= 0.3 is 0 Å². The van der Waals surface area contributed by atoms with Crippen LogP contribution in [0.2, 0.25) is 0 Å². The molecule has 0 heterocycles. The lowest BCUT2D eigenvalue weighted by atomic mass is 9.91. The minimum absolute atomic E-state index is 0.486. The van der Waals surface area contributed by atoms with Crippen LogP contribution < -0.4 is 5.32 Å². The van der Waals surface area contributed by atoms with Crippen LogP contribution in [-0.4, -0.2) is 7.05 Å². The van der Waals surface area contributed by atoms with Crippen molar-refractivity contribution in [2.24, 2.45) is 5.92 Å². The zero-order valence-corrected chi connectivity index (χ0v) is 11.9. The van der Waals surface area contributed by atoms with E-state index < -0.39 is 0 Å². The third-order valence-electron chi connectivity index (χ3n) is 2.83. The molecule has 0 aliphatic heterocycles. The monoisotopic (exact) mass is 317 g/mol. The molecular weight excluding hydrogens is 297 g/mol. The zero-order valence-electron chi connectivity index (χ0n) is 9.76. The van der Waals surface area contributed by atoms with Crippen LogP contribution in [0.1, 0.15) is 38.3 Å². The van der Waals surface area contributed by atoms with Gasteiger partial charge in [0.25, 0.3) is 0 Å². The Morgan fingerprint density at radius 3 is 2.67 bits per heavy atom. The van der Waals surface area contributed by atoms with Crippen LogP contribution in [0.4, 0.5) is 0 Å². The number of nitrogens with one attached hydrogen (secondary N) is 1. The van der Waals surface area contributed by atoms with Crippen LogP contribution in [0.25, 0.3) is 0 Å². The number of benzene rings is 1. The third-order valence-corrected chi connectivity index (χ3v) is 3.50. The Hall–Kier alpha value is -0.0900. The maximum atomic E-state index is 3.43. The molecule has 1 aromatic carbocycles. The fraction of sp³-hybridized carbons (Fsp3) is 0.538. The summed E-state index contributed by atoms with van der Waals surface area (Å²) >= 11 is 2.37. The Morgan fingerprint density at radius 2 is 2.13 bits per heavy atom. The first kappa shape index (κ1) is 13.0. The maximum absolute atomic E-state index is 3.43. The Labute approximate surface area is 107 Å². The SMILES string of the molecule is CCCC(C)C(NC)c1cccc(I)c1. The van der Waals surface area contributed by atoms with Gasteiger partial charge in [-0.1, -0.05) is 32.4 Å². The molecule has 0 spiro atoms. The lowest BCUT2D eigenvalue weighted by molar-refractivity contribution is 0.384. The zero-order chi connectivity index (χ0) is 11.3. The van der Waals surface area contributed by atoms with E-state index in [1.807, 2.05) is 0 Å². The van der Waals surface area contributed by atoms with Gasteiger partial charge in [0.2, 0.25) is 0 Å². The Kier molecular flexibility index (Phi) is 5.61. The van der Waals surface area contributed by atoms with Crippen molar-refractivity contribution in [2.45, 2.75) is 32.7 Å². The molecule has 2 atom stereocenters. The fourth-order valence-corrected chi connectivity index (χ4v) is 2.67. The summed E-state index contributed by atoms with van der Waals surface area (Å²) in [5, 5.41) is 3.43. The van der Waals surface area contributed by atoms with Crippen LogP contribution in [0, 0.1) is 9.49 Å². The first-order valence-electron chi connectivity index (χ1n) is 5.61. The number of rotatable bonds is 5. The highest BCUT2D eigenvalue weighted by atomic mass is 127. The van der Waals surface area contributed by atoms with Crippen LogP contribution in [0.5, 0.6) is 0 Å². The molecule has 84 valence electrons. The van der Waals surface area contributed by atoms with Crippen LogP contribution in [0.15, 0.2) is 24.3 Å². The maximum Gasteiger partial charge on any atom is 0.0343 e. The standard InChI is InChI=1S/C13H20IN/c1-4-6-10(2)13(15-3)11-7-5-8-12(14)9-11/h5,7-10,13,15H,4,6H2,1-3H3. The summed E-state index contributed by atoms with van der Waals surface area (Å²) in [6.45, 7) is 4.57. The molecule has 0 fully saturated rings. The van der Waals surface area contributed by atoms with E-state index in [0.29, 0.717) is 12.0 Å². The van der Waals surface area contributed by atoms with E-state index in [-0.39, 0.29) is 0 Å². The van der Waals surface area contributed by atoms with Crippen molar-refractivity contribution in [3.63, 3.8) is 0 Å². The summed E-state index contributed by atoms with van der Waals surface area (Å²) in [5.74, 6) is 0.693. The summed E-state index contributed by atoms with van der Waals surface area (Å²) in [6.07, 6.45) is 2.53. The van der Waals surface area contributed by atoms with Gasteiger partial charge in [0.15, 0.2) is 0 Å². The lowest BCUT2D eigenvalue weighted by Crippen LogP contribution is -2.23. The minimum Gasteiger partial charge on any atom is -0.313 e. The normalized spacial score (nSPS) is 14.9. The highest BCUT2D eigenvalue weighted by molar-refractivity contribution is 14.1. The molecule has 0 saturated heterocycles. The Balaban J connectivity index is 2.82. The molecule has 1 N–H and O–H groups in total. The van der Waals surface area contributed by atoms with E-state index >= 15 is 0 Å². The molecule has 1 aromatic rings. The van der Waals surface area contributed by atoms with Crippen molar-refractivity contribution >= 4 is 22.6 Å². The van der Waals surface area contributed by atoms with Gasteiger partial charge in [0.1, 0.15) is 0 Å². The molecule has 0 aliphatic rings. The van der Waals surface area contributed by atoms with Gasteiger partial charge in [0.05, 0.1) is 0 Å². The summed E-state index contributed by atoms with van der Waals surface area (Å²) in [6, 6.07) is 9.25. The molecule has 1 nitrogen and oxygen atoms in total. The van der Waals surface area contributed by atoms with Crippen molar-refractivity contribution in [1.82, 2.24) is 5.32 Å². The van der Waals surface area contributed by atoms with E-state index in [2.05, 4.69) is 73.1 Å². The molecular formula is C13H20IN. The Bertz CT molecular complexity index is 298. The molecule has 1 rings (SSSR count). The fourth-order valence-electron chi connectivity index (χ4n) is 2.10. The summed E-state index contributed by atoms with van der Waals surface area (Å²) in [4.78, 5) is 0. The highest BCUT2D eigenvalue weighted by Gasteiger charge is 2.16. The smallest absolute Gasteiger partial charge is 0.0343 e. The number of hydrogen-bond acceptors (Lipinski definition) is 1. The van der Waals surface area contributed by atoms with Crippen molar-refractivity contribution < 1.29 is 0 Å². The second-order valence-electron chi connectivity index (χ2n) is 4.09. The highest BCUT2D eigenvalue weighted by Crippen LogP contribution is 2.25. The predicted molar refractivity (Wildman–Crippen MR) is 75.0 cm³/mol. The van der Waals surface area contributed by atoms with E-state index in [0.717, 1.165) is 0 Å². The van der Waals surface area contributed by atoms with E-state index in [9.17, 15) is 0 Å². The van der Waals surface area contributed by atoms with Crippen LogP contribution in [0.3, 0.4) is 0 Å². The summed E-state index contributed by atoms with van der Waals surface area (Å²) in [7, 11) is 2.05. The molecule has 0 aliphatic carbocycles. The average molecular weight is 317 g/mol. The van der Waals surface area contributed by atoms with Crippen molar-refractivity contribution in [2.75, 3.05) is 7.05 Å². The van der Waals surface area contributed by atoms with Crippen molar-refractivity contribution in [3.05, 3.63) is 33.4 Å². The van der Waals surface area contributed by atoms with Gasteiger partial charge in [-0.15, -0.1) is 0 Å². The molecule has 2 heteroatoms. The van der Waals surface area contributed by atoms with E-state index in [1.165, 1.54) is 22.0 Å². The van der Waals surface area contributed by atoms with Gasteiger partial charge in [-0.05, 0) is 59.7 Å². The first-order chi connectivity index (χ1) is 7.19. The molecule has 0 saturated carbocycles. The molecule has 15 heavy (non-hydrogen) atoms. The largest absolute Gasteiger partial charge is 0.313 e. The third kappa shape index (κ3) is 3.76. The van der Waals surface area contributed by atoms with E-state index in [4.69, 9.17) is 0 Å².